The molecule has 4 heteroatoms. The molecule has 0 aliphatic carbocycles. The van der Waals surface area contributed by atoms with Crippen LogP contribution in [0.3, 0.4) is 0 Å². The van der Waals surface area contributed by atoms with Gasteiger partial charge in [0.25, 0.3) is 0 Å². The van der Waals surface area contributed by atoms with Gasteiger partial charge in [0.1, 0.15) is 0 Å². The Kier molecular flexibility index (Phi) is 10.9. The molecule has 0 amide bonds. The van der Waals surface area contributed by atoms with Gasteiger partial charge in [0.05, 0.1) is 13.2 Å². The fourth-order valence-electron chi connectivity index (χ4n) is 1.38. The van der Waals surface area contributed by atoms with Crippen LogP contribution in [-0.2, 0) is 14.2 Å². The van der Waals surface area contributed by atoms with Crippen LogP contribution in [0.4, 0.5) is 0 Å². The molecule has 104 valence electrons. The monoisotopic (exact) mass is 247 g/mol. The number of rotatable bonds is 12. The van der Waals surface area contributed by atoms with Crippen LogP contribution >= 0.6 is 0 Å². The molecule has 4 nitrogen and oxygen atoms in total. The van der Waals surface area contributed by atoms with E-state index in [1.54, 1.807) is 7.11 Å². The van der Waals surface area contributed by atoms with Crippen LogP contribution in [0.15, 0.2) is 0 Å². The lowest BCUT2D eigenvalue weighted by atomic mass is 9.88. The van der Waals surface area contributed by atoms with E-state index in [9.17, 15) is 0 Å². The average Bonchev–Trinajstić information content (AvgIpc) is 2.31. The molecule has 0 saturated heterocycles. The maximum Gasteiger partial charge on any atom is 0.0700 e. The van der Waals surface area contributed by atoms with E-state index in [-0.39, 0.29) is 5.41 Å². The maximum atomic E-state index is 5.66. The zero-order valence-electron chi connectivity index (χ0n) is 11.7. The van der Waals surface area contributed by atoms with Gasteiger partial charge in [0.15, 0.2) is 0 Å². The summed E-state index contributed by atoms with van der Waals surface area (Å²) >= 11 is 0. The first-order valence-electron chi connectivity index (χ1n) is 6.47. The Morgan fingerprint density at radius 2 is 1.47 bits per heavy atom. The number of hydrogen-bond acceptors (Lipinski definition) is 4. The Labute approximate surface area is 106 Å². The van der Waals surface area contributed by atoms with E-state index in [4.69, 9.17) is 19.9 Å². The van der Waals surface area contributed by atoms with Gasteiger partial charge in [-0.3, -0.25) is 0 Å². The Morgan fingerprint density at radius 1 is 0.882 bits per heavy atom. The van der Waals surface area contributed by atoms with E-state index >= 15 is 0 Å². The van der Waals surface area contributed by atoms with Crippen molar-refractivity contribution in [3.8, 4) is 0 Å². The molecule has 0 aromatic carbocycles. The number of methoxy groups -OCH3 is 1. The second kappa shape index (κ2) is 11.0. The summed E-state index contributed by atoms with van der Waals surface area (Å²) in [5.41, 5.74) is 5.89. The average molecular weight is 247 g/mol. The van der Waals surface area contributed by atoms with Gasteiger partial charge in [-0.15, -0.1) is 0 Å². The predicted molar refractivity (Wildman–Crippen MR) is 70.2 cm³/mol. The first-order chi connectivity index (χ1) is 8.12. The minimum atomic E-state index is 0.236. The highest BCUT2D eigenvalue weighted by Gasteiger charge is 2.14. The van der Waals surface area contributed by atoms with Gasteiger partial charge in [0.2, 0.25) is 0 Å². The Bertz CT molecular complexity index is 163. The van der Waals surface area contributed by atoms with Crippen LogP contribution in [0.1, 0.15) is 33.1 Å². The predicted octanol–water partition coefficient (Wildman–Crippen LogP) is 1.82. The van der Waals surface area contributed by atoms with Crippen molar-refractivity contribution in [2.75, 3.05) is 46.7 Å². The third-order valence-corrected chi connectivity index (χ3v) is 2.70. The smallest absolute Gasteiger partial charge is 0.0700 e. The number of ether oxygens (including phenoxy) is 3. The minimum Gasteiger partial charge on any atom is -0.385 e. The van der Waals surface area contributed by atoms with E-state index in [0.29, 0.717) is 13.2 Å². The molecule has 2 N–H and O–H groups in total. The van der Waals surface area contributed by atoms with Crippen molar-refractivity contribution in [1.29, 1.82) is 0 Å². The van der Waals surface area contributed by atoms with Crippen molar-refractivity contribution in [3.63, 3.8) is 0 Å². The summed E-state index contributed by atoms with van der Waals surface area (Å²) in [6.45, 7) is 8.75. The van der Waals surface area contributed by atoms with E-state index in [2.05, 4.69) is 13.8 Å². The van der Waals surface area contributed by atoms with Crippen molar-refractivity contribution < 1.29 is 14.2 Å². The molecule has 0 unspecified atom stereocenters. The molecular weight excluding hydrogens is 218 g/mol. The van der Waals surface area contributed by atoms with Crippen LogP contribution in [-0.4, -0.2) is 46.7 Å². The lowest BCUT2D eigenvalue weighted by molar-refractivity contribution is 0.0368. The van der Waals surface area contributed by atoms with Gasteiger partial charge < -0.3 is 19.9 Å². The first-order valence-corrected chi connectivity index (χ1v) is 6.47. The summed E-state index contributed by atoms with van der Waals surface area (Å²) in [6.07, 6.45) is 3.12. The standard InChI is InChI=1S/C13H29NO3/c1-13(2,12-14)6-4-8-16-10-11-17-9-5-7-15-3/h4-12,14H2,1-3H3. The molecule has 0 fully saturated rings. The Hall–Kier alpha value is -0.160. The van der Waals surface area contributed by atoms with Crippen molar-refractivity contribution in [3.05, 3.63) is 0 Å². The van der Waals surface area contributed by atoms with E-state index in [1.807, 2.05) is 0 Å². The maximum absolute atomic E-state index is 5.66. The van der Waals surface area contributed by atoms with Crippen LogP contribution in [0.5, 0.6) is 0 Å². The lowest BCUT2D eigenvalue weighted by Gasteiger charge is -2.21. The van der Waals surface area contributed by atoms with Crippen molar-refractivity contribution in [1.82, 2.24) is 0 Å². The molecule has 0 bridgehead atoms. The van der Waals surface area contributed by atoms with Crippen LogP contribution in [0.25, 0.3) is 0 Å². The van der Waals surface area contributed by atoms with Gasteiger partial charge >= 0.3 is 0 Å². The fourth-order valence-corrected chi connectivity index (χ4v) is 1.38. The van der Waals surface area contributed by atoms with E-state index < -0.39 is 0 Å². The molecule has 0 atom stereocenters. The first kappa shape index (κ1) is 16.8. The summed E-state index contributed by atoms with van der Waals surface area (Å²) < 4.78 is 15.8. The SMILES string of the molecule is COCCCOCCOCCCC(C)(C)CN. The summed E-state index contributed by atoms with van der Waals surface area (Å²) in [5, 5.41) is 0. The van der Waals surface area contributed by atoms with Crippen LogP contribution < -0.4 is 5.73 Å². The Morgan fingerprint density at radius 3 is 2.00 bits per heavy atom. The number of hydrogen-bond donors (Lipinski definition) is 1. The summed E-state index contributed by atoms with van der Waals surface area (Å²) in [5.74, 6) is 0. The third kappa shape index (κ3) is 12.1. The van der Waals surface area contributed by atoms with Gasteiger partial charge in [-0.25, -0.2) is 0 Å². The number of nitrogens with two attached hydrogens (primary N) is 1. The largest absolute Gasteiger partial charge is 0.385 e. The van der Waals surface area contributed by atoms with Gasteiger partial charge in [-0.2, -0.15) is 0 Å². The molecule has 0 saturated carbocycles. The minimum absolute atomic E-state index is 0.236. The van der Waals surface area contributed by atoms with E-state index in [0.717, 1.165) is 45.6 Å². The molecule has 17 heavy (non-hydrogen) atoms. The molecule has 0 aliphatic heterocycles. The van der Waals surface area contributed by atoms with Crippen molar-refractivity contribution >= 4 is 0 Å². The molecule has 0 spiro atoms. The lowest BCUT2D eigenvalue weighted by Crippen LogP contribution is -2.23. The molecule has 0 aromatic heterocycles. The highest BCUT2D eigenvalue weighted by Crippen LogP contribution is 2.19. The molecule has 0 radical (unpaired) electrons. The Balaban J connectivity index is 3.09. The van der Waals surface area contributed by atoms with Crippen molar-refractivity contribution in [2.24, 2.45) is 11.1 Å². The van der Waals surface area contributed by atoms with Gasteiger partial charge in [-0.05, 0) is 31.2 Å². The molecular formula is C13H29NO3. The van der Waals surface area contributed by atoms with Crippen LogP contribution in [0, 0.1) is 5.41 Å². The van der Waals surface area contributed by atoms with Gasteiger partial charge in [-0.1, -0.05) is 13.8 Å². The normalized spacial score (nSPS) is 12.0. The summed E-state index contributed by atoms with van der Waals surface area (Å²) in [6, 6.07) is 0. The molecule has 0 aromatic rings. The third-order valence-electron chi connectivity index (χ3n) is 2.70. The van der Waals surface area contributed by atoms with E-state index in [1.165, 1.54) is 0 Å². The highest BCUT2D eigenvalue weighted by molar-refractivity contribution is 4.68. The molecule has 0 rings (SSSR count). The second-order valence-electron chi connectivity index (χ2n) is 5.04. The summed E-state index contributed by atoms with van der Waals surface area (Å²) in [7, 11) is 1.70. The molecule has 0 heterocycles. The van der Waals surface area contributed by atoms with Gasteiger partial charge in [0, 0.05) is 26.9 Å². The molecule has 0 aliphatic rings. The second-order valence-corrected chi connectivity index (χ2v) is 5.04. The highest BCUT2D eigenvalue weighted by atomic mass is 16.5. The zero-order valence-corrected chi connectivity index (χ0v) is 11.7. The topological polar surface area (TPSA) is 53.7 Å². The van der Waals surface area contributed by atoms with Crippen molar-refractivity contribution in [2.45, 2.75) is 33.1 Å². The van der Waals surface area contributed by atoms with Crippen LogP contribution in [0.2, 0.25) is 0 Å². The summed E-state index contributed by atoms with van der Waals surface area (Å²) in [4.78, 5) is 0. The zero-order chi connectivity index (χ0) is 13.0. The fraction of sp³-hybridized carbons (Fsp3) is 1.00. The quantitative estimate of drug-likeness (QED) is 0.534.